The number of hydrogen-bond donors (Lipinski definition) is 0. The van der Waals surface area contributed by atoms with E-state index >= 15 is 0 Å². The quantitative estimate of drug-likeness (QED) is 0.603. The van der Waals surface area contributed by atoms with E-state index < -0.39 is 10.7 Å². The Morgan fingerprint density at radius 3 is 2.44 bits per heavy atom. The van der Waals surface area contributed by atoms with Crippen LogP contribution in [-0.2, 0) is 0 Å². The number of nitro groups is 1. The maximum absolute atomic E-state index is 14.2. The number of nitro benzene ring substituents is 1. The summed E-state index contributed by atoms with van der Waals surface area (Å²) in [6.07, 6.45) is 3.33. The molecule has 2 aliphatic rings. The van der Waals surface area contributed by atoms with E-state index in [9.17, 15) is 14.5 Å². The van der Waals surface area contributed by atoms with Gasteiger partial charge in [-0.05, 0) is 44.8 Å². The maximum Gasteiger partial charge on any atom is 0.272 e. The fourth-order valence-corrected chi connectivity index (χ4v) is 3.77. The van der Waals surface area contributed by atoms with Crippen molar-refractivity contribution in [2.75, 3.05) is 57.8 Å². The number of nitrogens with zero attached hydrogens (tertiary/aromatic N) is 4. The molecule has 3 rings (SSSR count). The van der Waals surface area contributed by atoms with Crippen LogP contribution in [0.15, 0.2) is 18.2 Å². The van der Waals surface area contributed by atoms with Crippen LogP contribution < -0.4 is 4.90 Å². The molecular formula is C18H27FN4O2. The van der Waals surface area contributed by atoms with Gasteiger partial charge in [-0.2, -0.15) is 0 Å². The van der Waals surface area contributed by atoms with Crippen LogP contribution in [0.25, 0.3) is 0 Å². The molecule has 0 aliphatic carbocycles. The minimum Gasteiger partial charge on any atom is -0.369 e. The highest BCUT2D eigenvalue weighted by atomic mass is 19.1. The predicted molar refractivity (Wildman–Crippen MR) is 96.5 cm³/mol. The van der Waals surface area contributed by atoms with Gasteiger partial charge in [0.25, 0.3) is 5.69 Å². The molecule has 1 aromatic carbocycles. The first kappa shape index (κ1) is 18.1. The van der Waals surface area contributed by atoms with Crippen LogP contribution in [0.3, 0.4) is 0 Å². The van der Waals surface area contributed by atoms with Gasteiger partial charge in [0.05, 0.1) is 16.7 Å². The van der Waals surface area contributed by atoms with Crippen molar-refractivity contribution >= 4 is 11.4 Å². The maximum atomic E-state index is 14.2. The average Bonchev–Trinajstić information content (AvgIpc) is 2.62. The van der Waals surface area contributed by atoms with E-state index in [0.717, 1.165) is 64.7 Å². The van der Waals surface area contributed by atoms with Gasteiger partial charge in [0, 0.05) is 45.3 Å². The van der Waals surface area contributed by atoms with Crippen LogP contribution in [0, 0.1) is 21.8 Å². The van der Waals surface area contributed by atoms with E-state index in [-0.39, 0.29) is 5.69 Å². The Kier molecular flexibility index (Phi) is 5.86. The van der Waals surface area contributed by atoms with E-state index in [4.69, 9.17) is 0 Å². The molecule has 2 heterocycles. The first-order valence-corrected chi connectivity index (χ1v) is 9.12. The highest BCUT2D eigenvalue weighted by Gasteiger charge is 2.23. The van der Waals surface area contributed by atoms with Crippen molar-refractivity contribution in [3.63, 3.8) is 0 Å². The molecule has 0 radical (unpaired) electrons. The second kappa shape index (κ2) is 8.10. The van der Waals surface area contributed by atoms with Crippen LogP contribution >= 0.6 is 0 Å². The summed E-state index contributed by atoms with van der Waals surface area (Å²) in [5.74, 6) is 0.196. The van der Waals surface area contributed by atoms with Crippen molar-refractivity contribution in [1.82, 2.24) is 9.80 Å². The molecule has 0 saturated carbocycles. The molecule has 0 spiro atoms. The SMILES string of the molecule is CN1CCN(CCC2CCN(c3ccc([N+](=O)[O-])cc3F)CC2)CC1. The summed E-state index contributed by atoms with van der Waals surface area (Å²) < 4.78 is 14.2. The van der Waals surface area contributed by atoms with Gasteiger partial charge in [-0.15, -0.1) is 0 Å². The van der Waals surface area contributed by atoms with E-state index in [1.54, 1.807) is 0 Å². The molecular weight excluding hydrogens is 323 g/mol. The van der Waals surface area contributed by atoms with Gasteiger partial charge in [0.2, 0.25) is 0 Å². The van der Waals surface area contributed by atoms with Gasteiger partial charge >= 0.3 is 0 Å². The molecule has 0 atom stereocenters. The predicted octanol–water partition coefficient (Wildman–Crippen LogP) is 2.59. The first-order valence-electron chi connectivity index (χ1n) is 9.12. The molecule has 0 N–H and O–H groups in total. The smallest absolute Gasteiger partial charge is 0.272 e. The fraction of sp³-hybridized carbons (Fsp3) is 0.667. The summed E-state index contributed by atoms with van der Waals surface area (Å²) in [5.41, 5.74) is 0.298. The molecule has 7 heteroatoms. The Bertz CT molecular complexity index is 597. The third-order valence-corrected chi connectivity index (χ3v) is 5.55. The second-order valence-electron chi connectivity index (χ2n) is 7.26. The summed E-state index contributed by atoms with van der Waals surface area (Å²) in [4.78, 5) is 17.1. The van der Waals surface area contributed by atoms with Crippen molar-refractivity contribution in [2.24, 2.45) is 5.92 Å². The Morgan fingerprint density at radius 1 is 1.16 bits per heavy atom. The Hall–Kier alpha value is -1.73. The molecule has 2 fully saturated rings. The van der Waals surface area contributed by atoms with E-state index in [1.807, 2.05) is 4.90 Å². The summed E-state index contributed by atoms with van der Waals surface area (Å²) in [7, 11) is 2.17. The van der Waals surface area contributed by atoms with Crippen LogP contribution in [0.4, 0.5) is 15.8 Å². The summed E-state index contributed by atoms with van der Waals surface area (Å²) in [5, 5.41) is 10.7. The van der Waals surface area contributed by atoms with Gasteiger partial charge in [-0.25, -0.2) is 4.39 Å². The zero-order chi connectivity index (χ0) is 17.8. The number of non-ortho nitro benzene ring substituents is 1. The zero-order valence-electron chi connectivity index (χ0n) is 14.9. The molecule has 25 heavy (non-hydrogen) atoms. The molecule has 2 saturated heterocycles. The van der Waals surface area contributed by atoms with E-state index in [1.165, 1.54) is 18.6 Å². The number of piperazine rings is 1. The van der Waals surface area contributed by atoms with Gasteiger partial charge < -0.3 is 14.7 Å². The summed E-state index contributed by atoms with van der Waals surface area (Å²) in [6.45, 7) is 7.41. The molecule has 0 aromatic heterocycles. The Labute approximate surface area is 148 Å². The van der Waals surface area contributed by atoms with Crippen LogP contribution in [0.1, 0.15) is 19.3 Å². The standard InChI is InChI=1S/C18H27FN4O2/c1-20-10-12-21(13-11-20)7-4-15-5-8-22(9-6-15)18-3-2-16(23(24)25)14-17(18)19/h2-3,14-15H,4-13H2,1H3. The average molecular weight is 350 g/mol. The van der Waals surface area contributed by atoms with Gasteiger partial charge in [0.15, 0.2) is 5.82 Å². The van der Waals surface area contributed by atoms with Crippen molar-refractivity contribution in [3.05, 3.63) is 34.1 Å². The van der Waals surface area contributed by atoms with Crippen LogP contribution in [0.2, 0.25) is 0 Å². The molecule has 2 aliphatic heterocycles. The van der Waals surface area contributed by atoms with E-state index in [0.29, 0.717) is 11.6 Å². The van der Waals surface area contributed by atoms with E-state index in [2.05, 4.69) is 16.8 Å². The minimum atomic E-state index is -0.558. The van der Waals surface area contributed by atoms with Crippen molar-refractivity contribution in [3.8, 4) is 0 Å². The Morgan fingerprint density at radius 2 is 1.84 bits per heavy atom. The first-order chi connectivity index (χ1) is 12.0. The third kappa shape index (κ3) is 4.67. The second-order valence-corrected chi connectivity index (χ2v) is 7.26. The van der Waals surface area contributed by atoms with Gasteiger partial charge in [-0.3, -0.25) is 10.1 Å². The topological polar surface area (TPSA) is 52.9 Å². The monoisotopic (exact) mass is 350 g/mol. The van der Waals surface area contributed by atoms with Crippen LogP contribution in [0.5, 0.6) is 0 Å². The van der Waals surface area contributed by atoms with Crippen molar-refractivity contribution < 1.29 is 9.31 Å². The lowest BCUT2D eigenvalue weighted by Crippen LogP contribution is -2.45. The highest BCUT2D eigenvalue weighted by molar-refractivity contribution is 5.52. The third-order valence-electron chi connectivity index (χ3n) is 5.55. The largest absolute Gasteiger partial charge is 0.369 e. The zero-order valence-corrected chi connectivity index (χ0v) is 14.9. The number of likely N-dealkylation sites (N-methyl/N-ethyl adjacent to an activating group) is 1. The lowest BCUT2D eigenvalue weighted by atomic mass is 9.93. The van der Waals surface area contributed by atoms with Gasteiger partial charge in [-0.1, -0.05) is 0 Å². The normalized spacial score (nSPS) is 20.8. The number of halogens is 1. The number of rotatable bonds is 5. The Balaban J connectivity index is 1.46. The highest BCUT2D eigenvalue weighted by Crippen LogP contribution is 2.29. The molecule has 138 valence electrons. The lowest BCUT2D eigenvalue weighted by Gasteiger charge is -2.36. The van der Waals surface area contributed by atoms with Gasteiger partial charge in [0.1, 0.15) is 0 Å². The molecule has 0 amide bonds. The van der Waals surface area contributed by atoms with Crippen molar-refractivity contribution in [2.45, 2.75) is 19.3 Å². The lowest BCUT2D eigenvalue weighted by molar-refractivity contribution is -0.385. The summed E-state index contributed by atoms with van der Waals surface area (Å²) in [6, 6.07) is 3.95. The number of piperidine rings is 1. The molecule has 0 bridgehead atoms. The van der Waals surface area contributed by atoms with Crippen molar-refractivity contribution in [1.29, 1.82) is 0 Å². The molecule has 6 nitrogen and oxygen atoms in total. The number of anilines is 1. The van der Waals surface area contributed by atoms with Crippen LogP contribution in [-0.4, -0.2) is 67.6 Å². The fourth-order valence-electron chi connectivity index (χ4n) is 3.77. The minimum absolute atomic E-state index is 0.191. The number of hydrogen-bond acceptors (Lipinski definition) is 5. The molecule has 1 aromatic rings. The molecule has 0 unspecified atom stereocenters. The number of benzene rings is 1. The summed E-state index contributed by atoms with van der Waals surface area (Å²) >= 11 is 0.